The molecule has 1 heterocycles. The normalized spacial score (nSPS) is 12.7. The second kappa shape index (κ2) is 11.5. The maximum absolute atomic E-state index is 11.1. The first kappa shape index (κ1) is 19.0. The van der Waals surface area contributed by atoms with E-state index < -0.39 is 0 Å². The minimum absolute atomic E-state index is 0.325. The molecule has 0 saturated heterocycles. The van der Waals surface area contributed by atoms with Gasteiger partial charge in [-0.3, -0.25) is 4.98 Å². The minimum Gasteiger partial charge on any atom is -0.413 e. The Morgan fingerprint density at radius 3 is 2.05 bits per heavy atom. The van der Waals surface area contributed by atoms with E-state index in [0.717, 1.165) is 24.4 Å². The number of H-pyrrole nitrogens is 1. The first-order valence-electron chi connectivity index (χ1n) is 8.99. The van der Waals surface area contributed by atoms with Crippen LogP contribution in [0.1, 0.15) is 88.5 Å². The van der Waals surface area contributed by atoms with E-state index >= 15 is 0 Å². The van der Waals surface area contributed by atoms with Crippen LogP contribution >= 0.6 is 0 Å². The van der Waals surface area contributed by atoms with Gasteiger partial charge in [0.1, 0.15) is 5.76 Å². The fourth-order valence-electron chi connectivity index (χ4n) is 3.02. The van der Waals surface area contributed by atoms with Crippen LogP contribution in [0.25, 0.3) is 0 Å². The quantitative estimate of drug-likeness (QED) is 0.527. The minimum atomic E-state index is -0.325. The molecule has 4 heteroatoms. The van der Waals surface area contributed by atoms with E-state index in [2.05, 4.69) is 17.2 Å². The predicted molar refractivity (Wildman–Crippen MR) is 92.6 cm³/mol. The van der Waals surface area contributed by atoms with E-state index in [4.69, 9.17) is 4.42 Å². The molecule has 1 aromatic heterocycles. The Morgan fingerprint density at radius 2 is 1.55 bits per heavy atom. The summed E-state index contributed by atoms with van der Waals surface area (Å²) < 4.78 is 5.03. The molecule has 1 aromatic rings. The number of aromatic amines is 1. The molecule has 2 N–H and O–H groups in total. The van der Waals surface area contributed by atoms with E-state index in [-0.39, 0.29) is 5.76 Å². The van der Waals surface area contributed by atoms with Crippen LogP contribution in [-0.4, -0.2) is 18.6 Å². The zero-order chi connectivity index (χ0) is 16.2. The van der Waals surface area contributed by atoms with Gasteiger partial charge in [0, 0.05) is 0 Å². The van der Waals surface area contributed by atoms with Gasteiger partial charge in [-0.05, 0) is 39.3 Å². The van der Waals surface area contributed by atoms with Crippen molar-refractivity contribution in [2.45, 2.75) is 84.0 Å². The van der Waals surface area contributed by atoms with Gasteiger partial charge in [0.15, 0.2) is 0 Å². The molecule has 1 unspecified atom stereocenters. The number of aromatic nitrogens is 1. The summed E-state index contributed by atoms with van der Waals surface area (Å²) in [6.07, 6.45) is 13.2. The zero-order valence-corrected chi connectivity index (χ0v) is 14.7. The average Bonchev–Trinajstić information content (AvgIpc) is 2.83. The van der Waals surface area contributed by atoms with Crippen molar-refractivity contribution in [2.24, 2.45) is 0 Å². The number of unbranched alkanes of at least 4 members (excludes halogenated alkanes) is 8. The molecule has 128 valence electrons. The third-order valence-electron chi connectivity index (χ3n) is 4.42. The monoisotopic (exact) mass is 310 g/mol. The summed E-state index contributed by atoms with van der Waals surface area (Å²) in [6.45, 7) is 5.18. The molecule has 0 amide bonds. The van der Waals surface area contributed by atoms with E-state index in [1.165, 1.54) is 57.8 Å². The molecule has 0 aliphatic heterocycles. The average molecular weight is 310 g/mol. The number of rotatable bonds is 13. The third kappa shape index (κ3) is 7.83. The Labute approximate surface area is 135 Å². The molecular weight excluding hydrogens is 276 g/mol. The van der Waals surface area contributed by atoms with Crippen molar-refractivity contribution in [3.05, 3.63) is 22.0 Å². The molecule has 1 rings (SSSR count). The van der Waals surface area contributed by atoms with Gasteiger partial charge < -0.3 is 9.73 Å². The number of nitrogens with one attached hydrogen (secondary N) is 2. The molecule has 0 bridgehead atoms. The van der Waals surface area contributed by atoms with E-state index in [1.54, 1.807) is 0 Å². The highest BCUT2D eigenvalue weighted by molar-refractivity contribution is 5.10. The van der Waals surface area contributed by atoms with Gasteiger partial charge in [0.2, 0.25) is 0 Å². The van der Waals surface area contributed by atoms with Crippen LogP contribution in [0.5, 0.6) is 0 Å². The first-order chi connectivity index (χ1) is 10.6. The number of oxazole rings is 1. The second-order valence-corrected chi connectivity index (χ2v) is 6.46. The first-order valence-corrected chi connectivity index (χ1v) is 8.99. The molecule has 1 atom stereocenters. The van der Waals surface area contributed by atoms with Crippen LogP contribution in [0.2, 0.25) is 0 Å². The van der Waals surface area contributed by atoms with E-state index in [9.17, 15) is 4.79 Å². The standard InChI is InChI=1S/C18H34N2O2/c1-15(17-16(2)22-18(21)20-17)13-11-9-7-5-4-6-8-10-12-14-19-3/h15,19H,4-14H2,1-3H3,(H,20,21). The van der Waals surface area contributed by atoms with Gasteiger partial charge in [0.05, 0.1) is 5.69 Å². The summed E-state index contributed by atoms with van der Waals surface area (Å²) in [6, 6.07) is 0. The van der Waals surface area contributed by atoms with E-state index in [1.807, 2.05) is 14.0 Å². The molecule has 0 fully saturated rings. The highest BCUT2D eigenvalue weighted by Gasteiger charge is 2.12. The lowest BCUT2D eigenvalue weighted by molar-refractivity contribution is 0.483. The Balaban J connectivity index is 1.95. The van der Waals surface area contributed by atoms with Crippen molar-refractivity contribution in [2.75, 3.05) is 13.6 Å². The van der Waals surface area contributed by atoms with Gasteiger partial charge in [-0.25, -0.2) is 4.79 Å². The topological polar surface area (TPSA) is 58.0 Å². The van der Waals surface area contributed by atoms with Crippen LogP contribution in [0.3, 0.4) is 0 Å². The Hall–Kier alpha value is -1.03. The van der Waals surface area contributed by atoms with Crippen molar-refractivity contribution >= 4 is 0 Å². The number of hydrogen-bond acceptors (Lipinski definition) is 3. The maximum Gasteiger partial charge on any atom is 0.416 e. The number of hydrogen-bond donors (Lipinski definition) is 2. The van der Waals surface area contributed by atoms with Crippen LogP contribution in [-0.2, 0) is 0 Å². The molecule has 0 aromatic carbocycles. The van der Waals surface area contributed by atoms with Crippen molar-refractivity contribution in [3.8, 4) is 0 Å². The lowest BCUT2D eigenvalue weighted by atomic mass is 9.98. The summed E-state index contributed by atoms with van der Waals surface area (Å²) in [5.74, 6) is 0.809. The molecule has 0 spiro atoms. The second-order valence-electron chi connectivity index (χ2n) is 6.46. The Bertz CT molecular complexity index is 437. The molecule has 0 radical (unpaired) electrons. The fourth-order valence-corrected chi connectivity index (χ4v) is 3.02. The summed E-state index contributed by atoms with van der Waals surface area (Å²) in [7, 11) is 2.02. The summed E-state index contributed by atoms with van der Waals surface area (Å²) >= 11 is 0. The molecule has 0 aliphatic rings. The largest absolute Gasteiger partial charge is 0.416 e. The SMILES string of the molecule is CNCCCCCCCCCCCC(C)c1[nH]c(=O)oc1C. The van der Waals surface area contributed by atoms with Gasteiger partial charge in [0.25, 0.3) is 0 Å². The smallest absolute Gasteiger partial charge is 0.413 e. The fraction of sp³-hybridized carbons (Fsp3) is 0.833. The van der Waals surface area contributed by atoms with Crippen LogP contribution < -0.4 is 11.1 Å². The molecule has 0 aliphatic carbocycles. The van der Waals surface area contributed by atoms with Crippen molar-refractivity contribution in [3.63, 3.8) is 0 Å². The molecular formula is C18H34N2O2. The Morgan fingerprint density at radius 1 is 1.00 bits per heavy atom. The summed E-state index contributed by atoms with van der Waals surface area (Å²) in [5.41, 5.74) is 0.978. The van der Waals surface area contributed by atoms with Crippen LogP contribution in [0.15, 0.2) is 9.21 Å². The van der Waals surface area contributed by atoms with Gasteiger partial charge in [-0.1, -0.05) is 58.3 Å². The van der Waals surface area contributed by atoms with Crippen molar-refractivity contribution < 1.29 is 4.42 Å². The van der Waals surface area contributed by atoms with Gasteiger partial charge in [-0.15, -0.1) is 0 Å². The lowest BCUT2D eigenvalue weighted by Gasteiger charge is -2.09. The number of aryl methyl sites for hydroxylation is 1. The van der Waals surface area contributed by atoms with Gasteiger partial charge >= 0.3 is 5.76 Å². The van der Waals surface area contributed by atoms with Crippen LogP contribution in [0, 0.1) is 6.92 Å². The van der Waals surface area contributed by atoms with Crippen molar-refractivity contribution in [1.82, 2.24) is 10.3 Å². The highest BCUT2D eigenvalue weighted by atomic mass is 16.4. The zero-order valence-electron chi connectivity index (χ0n) is 14.7. The maximum atomic E-state index is 11.1. The molecule has 0 saturated carbocycles. The lowest BCUT2D eigenvalue weighted by Crippen LogP contribution is -2.06. The van der Waals surface area contributed by atoms with Gasteiger partial charge in [-0.2, -0.15) is 0 Å². The predicted octanol–water partition coefficient (Wildman–Crippen LogP) is 4.50. The van der Waals surface area contributed by atoms with Crippen LogP contribution in [0.4, 0.5) is 0 Å². The summed E-state index contributed by atoms with van der Waals surface area (Å²) in [5, 5.41) is 3.19. The highest BCUT2D eigenvalue weighted by Crippen LogP contribution is 2.22. The van der Waals surface area contributed by atoms with E-state index in [0.29, 0.717) is 5.92 Å². The molecule has 4 nitrogen and oxygen atoms in total. The third-order valence-corrected chi connectivity index (χ3v) is 4.42. The van der Waals surface area contributed by atoms with Crippen molar-refractivity contribution in [1.29, 1.82) is 0 Å². The Kier molecular flexibility index (Phi) is 9.96. The summed E-state index contributed by atoms with van der Waals surface area (Å²) in [4.78, 5) is 14.0. The molecule has 22 heavy (non-hydrogen) atoms.